The van der Waals surface area contributed by atoms with Gasteiger partial charge in [0.25, 0.3) is 0 Å². The molecule has 116 valence electrons. The minimum atomic E-state index is -0.746. The van der Waals surface area contributed by atoms with Crippen molar-refractivity contribution < 1.29 is 14.3 Å². The van der Waals surface area contributed by atoms with Gasteiger partial charge < -0.3 is 5.11 Å². The fourth-order valence-corrected chi connectivity index (χ4v) is 3.11. The van der Waals surface area contributed by atoms with Crippen LogP contribution in [0.3, 0.4) is 0 Å². The van der Waals surface area contributed by atoms with Crippen LogP contribution in [0.4, 0.5) is 4.39 Å². The van der Waals surface area contributed by atoms with E-state index in [1.165, 1.54) is 6.07 Å². The van der Waals surface area contributed by atoms with Gasteiger partial charge in [-0.15, -0.1) is 0 Å². The molecule has 5 heteroatoms. The zero-order valence-electron chi connectivity index (χ0n) is 12.4. The number of hydrogen-bond donors (Lipinski definition) is 1. The van der Waals surface area contributed by atoms with Crippen molar-refractivity contribution in [3.63, 3.8) is 0 Å². The Bertz CT molecular complexity index is 533. The van der Waals surface area contributed by atoms with Gasteiger partial charge in [-0.05, 0) is 72.8 Å². The second kappa shape index (κ2) is 6.44. The molecule has 0 bridgehead atoms. The molecule has 1 N–H and O–H groups in total. The Balaban J connectivity index is 2.04. The summed E-state index contributed by atoms with van der Waals surface area (Å²) in [6, 6.07) is 5.16. The van der Waals surface area contributed by atoms with E-state index in [0.29, 0.717) is 11.0 Å². The molecule has 1 aromatic rings. The van der Waals surface area contributed by atoms with Crippen LogP contribution in [0.2, 0.25) is 0 Å². The fourth-order valence-electron chi connectivity index (χ4n) is 2.86. The molecule has 3 nitrogen and oxygen atoms in total. The Morgan fingerprint density at radius 2 is 2.24 bits per heavy atom. The second-order valence-corrected chi connectivity index (χ2v) is 7.20. The lowest BCUT2D eigenvalue weighted by molar-refractivity contribution is -0.151. The molecular weight excluding hydrogens is 337 g/mol. The number of carbonyl (C=O) groups is 1. The van der Waals surface area contributed by atoms with Crippen molar-refractivity contribution >= 4 is 21.9 Å². The molecule has 0 aliphatic carbocycles. The molecule has 0 aromatic heterocycles. The predicted octanol–water partition coefficient (Wildman–Crippen LogP) is 3.91. The molecule has 1 fully saturated rings. The summed E-state index contributed by atoms with van der Waals surface area (Å²) in [7, 11) is 0. The van der Waals surface area contributed by atoms with E-state index in [4.69, 9.17) is 0 Å². The maximum Gasteiger partial charge on any atom is 0.309 e. The first kappa shape index (κ1) is 16.4. The highest BCUT2D eigenvalue weighted by atomic mass is 79.9. The van der Waals surface area contributed by atoms with E-state index in [9.17, 15) is 14.3 Å². The number of piperidine rings is 1. The molecule has 1 aliphatic rings. The van der Waals surface area contributed by atoms with Crippen LogP contribution >= 0.6 is 15.9 Å². The maximum atomic E-state index is 13.6. The van der Waals surface area contributed by atoms with Gasteiger partial charge in [-0.3, -0.25) is 9.69 Å². The smallest absolute Gasteiger partial charge is 0.309 e. The quantitative estimate of drug-likeness (QED) is 0.887. The summed E-state index contributed by atoms with van der Waals surface area (Å²) in [4.78, 5) is 13.6. The van der Waals surface area contributed by atoms with Crippen LogP contribution < -0.4 is 0 Å². The van der Waals surface area contributed by atoms with Crippen molar-refractivity contribution in [3.05, 3.63) is 34.1 Å². The first-order valence-corrected chi connectivity index (χ1v) is 7.99. The van der Waals surface area contributed by atoms with Crippen LogP contribution in [0.5, 0.6) is 0 Å². The molecule has 21 heavy (non-hydrogen) atoms. The molecule has 2 rings (SSSR count). The number of hydrogen-bond acceptors (Lipinski definition) is 2. The predicted molar refractivity (Wildman–Crippen MR) is 83.5 cm³/mol. The van der Waals surface area contributed by atoms with Crippen LogP contribution in [0.25, 0.3) is 0 Å². The number of halogens is 2. The third-order valence-corrected chi connectivity index (χ3v) is 5.11. The molecule has 1 saturated heterocycles. The Morgan fingerprint density at radius 1 is 1.52 bits per heavy atom. The van der Waals surface area contributed by atoms with E-state index in [2.05, 4.69) is 20.8 Å². The SMILES string of the molecule is CC(C)(C(=O)O)C1CCCN(Cc2ccc(Br)c(F)c2)C1. The fraction of sp³-hybridized carbons (Fsp3) is 0.562. The van der Waals surface area contributed by atoms with E-state index in [0.717, 1.165) is 31.5 Å². The topological polar surface area (TPSA) is 40.5 Å². The first-order chi connectivity index (χ1) is 9.80. The first-order valence-electron chi connectivity index (χ1n) is 7.20. The van der Waals surface area contributed by atoms with Crippen molar-refractivity contribution in [2.45, 2.75) is 33.2 Å². The second-order valence-electron chi connectivity index (χ2n) is 6.35. The lowest BCUT2D eigenvalue weighted by Gasteiger charge is -2.39. The van der Waals surface area contributed by atoms with E-state index in [1.54, 1.807) is 19.9 Å². The van der Waals surface area contributed by atoms with Crippen LogP contribution in [0.15, 0.2) is 22.7 Å². The van der Waals surface area contributed by atoms with Crippen LogP contribution in [0.1, 0.15) is 32.3 Å². The Hall–Kier alpha value is -0.940. The number of aliphatic carboxylic acids is 1. The van der Waals surface area contributed by atoms with Gasteiger partial charge in [0.1, 0.15) is 5.82 Å². The summed E-state index contributed by atoms with van der Waals surface area (Å²) >= 11 is 3.15. The number of carboxylic acids is 1. The molecule has 1 heterocycles. The molecule has 0 radical (unpaired) electrons. The van der Waals surface area contributed by atoms with Gasteiger partial charge in [-0.1, -0.05) is 6.07 Å². The van der Waals surface area contributed by atoms with Crippen LogP contribution in [0, 0.1) is 17.2 Å². The standard InChI is InChI=1S/C16H21BrFNO2/c1-16(2,15(20)21)12-4-3-7-19(10-12)9-11-5-6-13(17)14(18)8-11/h5-6,8,12H,3-4,7,9-10H2,1-2H3,(H,20,21). The van der Waals surface area contributed by atoms with Gasteiger partial charge in [0.05, 0.1) is 9.89 Å². The highest BCUT2D eigenvalue weighted by Crippen LogP contribution is 2.34. The summed E-state index contributed by atoms with van der Waals surface area (Å²) in [5.41, 5.74) is 0.202. The minimum Gasteiger partial charge on any atom is -0.481 e. The Morgan fingerprint density at radius 3 is 2.86 bits per heavy atom. The average Bonchev–Trinajstić information content (AvgIpc) is 2.43. The summed E-state index contributed by atoms with van der Waals surface area (Å²) in [6.07, 6.45) is 1.92. The lowest BCUT2D eigenvalue weighted by Crippen LogP contribution is -2.44. The third kappa shape index (κ3) is 3.83. The molecule has 0 amide bonds. The monoisotopic (exact) mass is 357 g/mol. The Labute approximate surface area is 133 Å². The zero-order chi connectivity index (χ0) is 15.6. The molecule has 0 spiro atoms. The van der Waals surface area contributed by atoms with Crippen molar-refractivity contribution in [2.24, 2.45) is 11.3 Å². The lowest BCUT2D eigenvalue weighted by atomic mass is 9.74. The van der Waals surface area contributed by atoms with E-state index >= 15 is 0 Å². The van der Waals surface area contributed by atoms with Crippen LogP contribution in [-0.2, 0) is 11.3 Å². The molecule has 1 atom stereocenters. The zero-order valence-corrected chi connectivity index (χ0v) is 14.0. The van der Waals surface area contributed by atoms with E-state index in [-0.39, 0.29) is 11.7 Å². The summed E-state index contributed by atoms with van der Waals surface area (Å²) < 4.78 is 14.0. The maximum absolute atomic E-state index is 13.6. The van der Waals surface area contributed by atoms with Gasteiger partial charge in [-0.25, -0.2) is 4.39 Å². The van der Waals surface area contributed by atoms with Gasteiger partial charge >= 0.3 is 5.97 Å². The van der Waals surface area contributed by atoms with E-state index in [1.807, 2.05) is 6.07 Å². The van der Waals surface area contributed by atoms with Crippen molar-refractivity contribution in [2.75, 3.05) is 13.1 Å². The van der Waals surface area contributed by atoms with Crippen molar-refractivity contribution in [1.29, 1.82) is 0 Å². The number of likely N-dealkylation sites (tertiary alicyclic amines) is 1. The van der Waals surface area contributed by atoms with Gasteiger partial charge in [-0.2, -0.15) is 0 Å². The molecule has 1 aromatic carbocycles. The largest absolute Gasteiger partial charge is 0.481 e. The average molecular weight is 358 g/mol. The van der Waals surface area contributed by atoms with E-state index < -0.39 is 11.4 Å². The molecular formula is C16H21BrFNO2. The summed E-state index contributed by atoms with van der Waals surface area (Å²) in [5, 5.41) is 9.36. The number of nitrogens with zero attached hydrogens (tertiary/aromatic N) is 1. The minimum absolute atomic E-state index is 0.129. The molecule has 0 saturated carbocycles. The number of benzene rings is 1. The Kier molecular flexibility index (Phi) is 5.04. The number of carboxylic acid groups (broad SMARTS) is 1. The summed E-state index contributed by atoms with van der Waals surface area (Å²) in [6.45, 7) is 5.93. The number of rotatable bonds is 4. The molecule has 1 unspecified atom stereocenters. The van der Waals surface area contributed by atoms with Crippen molar-refractivity contribution in [1.82, 2.24) is 4.90 Å². The van der Waals surface area contributed by atoms with Gasteiger partial charge in [0.2, 0.25) is 0 Å². The highest BCUT2D eigenvalue weighted by molar-refractivity contribution is 9.10. The van der Waals surface area contributed by atoms with Gasteiger partial charge in [0, 0.05) is 13.1 Å². The molecule has 1 aliphatic heterocycles. The van der Waals surface area contributed by atoms with Crippen LogP contribution in [-0.4, -0.2) is 29.1 Å². The third-order valence-electron chi connectivity index (χ3n) is 4.47. The summed E-state index contributed by atoms with van der Waals surface area (Å²) in [5.74, 6) is -0.875. The van der Waals surface area contributed by atoms with Gasteiger partial charge in [0.15, 0.2) is 0 Å². The normalized spacial score (nSPS) is 20.5. The van der Waals surface area contributed by atoms with Crippen molar-refractivity contribution in [3.8, 4) is 0 Å². The highest BCUT2D eigenvalue weighted by Gasteiger charge is 2.38.